The third-order valence-electron chi connectivity index (χ3n) is 4.52. The van der Waals surface area contributed by atoms with Gasteiger partial charge in [0.25, 0.3) is 0 Å². The summed E-state index contributed by atoms with van der Waals surface area (Å²) in [4.78, 5) is 35.1. The second-order valence-corrected chi connectivity index (χ2v) is 8.57. The number of nitrogens with zero attached hydrogens (tertiary/aromatic N) is 2. The van der Waals surface area contributed by atoms with Crippen molar-refractivity contribution in [2.75, 3.05) is 0 Å². The minimum Gasteiger partial charge on any atom is -0.481 e. The molecular weight excluding hydrogens is 438 g/mol. The molecule has 0 bridgehead atoms. The van der Waals surface area contributed by atoms with E-state index in [9.17, 15) is 24.6 Å². The Balaban J connectivity index is 1.96. The molecule has 2 atom stereocenters. The van der Waals surface area contributed by atoms with Crippen molar-refractivity contribution in [1.29, 1.82) is 0 Å². The fraction of sp³-hybridized carbons (Fsp3) is 0.320. The highest BCUT2D eigenvalue weighted by atomic mass is 16.6. The van der Waals surface area contributed by atoms with Crippen molar-refractivity contribution in [2.45, 2.75) is 45.3 Å². The second-order valence-electron chi connectivity index (χ2n) is 8.57. The first-order valence-corrected chi connectivity index (χ1v) is 10.7. The molecule has 1 unspecified atom stereocenters. The average Bonchev–Trinajstić information content (AvgIpc) is 2.76. The molecule has 0 spiro atoms. The van der Waals surface area contributed by atoms with E-state index in [0.717, 1.165) is 11.3 Å². The topological polar surface area (TPSA) is 138 Å². The quantitative estimate of drug-likeness (QED) is 0.390. The van der Waals surface area contributed by atoms with E-state index in [1.807, 2.05) is 42.5 Å². The van der Waals surface area contributed by atoms with Crippen molar-refractivity contribution >= 4 is 35.5 Å². The van der Waals surface area contributed by atoms with Crippen molar-refractivity contribution < 1.29 is 29.3 Å². The molecule has 2 rings (SSSR count). The number of carbonyl (C=O) groups is 3. The van der Waals surface area contributed by atoms with Gasteiger partial charge in [0.1, 0.15) is 11.6 Å². The second kappa shape index (κ2) is 12.3. The third-order valence-corrected chi connectivity index (χ3v) is 4.52. The predicted octanol–water partition coefficient (Wildman–Crippen LogP) is 5.57. The van der Waals surface area contributed by atoms with Crippen LogP contribution < -0.4 is 5.32 Å². The Labute approximate surface area is 198 Å². The summed E-state index contributed by atoms with van der Waals surface area (Å²) in [5.41, 5.74) is 1.43. The van der Waals surface area contributed by atoms with E-state index in [1.165, 1.54) is 0 Å². The van der Waals surface area contributed by atoms with Gasteiger partial charge in [0.2, 0.25) is 0 Å². The van der Waals surface area contributed by atoms with E-state index in [1.54, 1.807) is 45.1 Å². The van der Waals surface area contributed by atoms with Gasteiger partial charge in [-0.25, -0.2) is 9.59 Å². The van der Waals surface area contributed by atoms with Crippen LogP contribution in [-0.4, -0.2) is 39.9 Å². The number of rotatable bonds is 10. The number of carboxylic acids is 2. The van der Waals surface area contributed by atoms with Gasteiger partial charge in [0.15, 0.2) is 0 Å². The van der Waals surface area contributed by atoms with Crippen molar-refractivity contribution in [3.63, 3.8) is 0 Å². The maximum Gasteiger partial charge on any atom is 0.408 e. The number of allylic oxidation sites excluding steroid dienone is 1. The summed E-state index contributed by atoms with van der Waals surface area (Å²) in [6.07, 6.45) is 2.29. The molecule has 0 aliphatic carbocycles. The molecule has 0 fully saturated rings. The van der Waals surface area contributed by atoms with Crippen LogP contribution in [0.3, 0.4) is 0 Å². The Morgan fingerprint density at radius 2 is 1.53 bits per heavy atom. The van der Waals surface area contributed by atoms with Gasteiger partial charge in [-0.2, -0.15) is 10.2 Å². The van der Waals surface area contributed by atoms with Crippen molar-refractivity contribution in [2.24, 2.45) is 16.1 Å². The molecule has 0 saturated heterocycles. The number of carboxylic acid groups (broad SMARTS) is 2. The largest absolute Gasteiger partial charge is 0.481 e. The van der Waals surface area contributed by atoms with E-state index in [-0.39, 0.29) is 12.8 Å². The summed E-state index contributed by atoms with van der Waals surface area (Å²) in [7, 11) is 0. The molecule has 9 nitrogen and oxygen atoms in total. The summed E-state index contributed by atoms with van der Waals surface area (Å²) in [5.74, 6) is -3.49. The smallest absolute Gasteiger partial charge is 0.408 e. The molecule has 34 heavy (non-hydrogen) atoms. The first-order valence-electron chi connectivity index (χ1n) is 10.7. The van der Waals surface area contributed by atoms with Gasteiger partial charge in [-0.15, -0.1) is 0 Å². The third kappa shape index (κ3) is 9.64. The average molecular weight is 468 g/mol. The lowest BCUT2D eigenvalue weighted by Gasteiger charge is -2.23. The summed E-state index contributed by atoms with van der Waals surface area (Å²) < 4.78 is 5.06. The van der Waals surface area contributed by atoms with Crippen LogP contribution in [0.15, 0.2) is 70.9 Å². The Bertz CT molecular complexity index is 1030. The predicted molar refractivity (Wildman–Crippen MR) is 127 cm³/mol. The Hall–Kier alpha value is -4.01. The van der Waals surface area contributed by atoms with Crippen LogP contribution in [0.25, 0.3) is 6.08 Å². The highest BCUT2D eigenvalue weighted by Gasteiger charge is 2.29. The van der Waals surface area contributed by atoms with Gasteiger partial charge in [0.05, 0.1) is 17.3 Å². The SMILES string of the molecule is CC(C)(C)OC(=O)N[C@@H](CC(C/C=C/c1ccc(/N=N/c2ccccc2)cc1)C(=O)O)C(=O)O. The number of aliphatic carboxylic acids is 2. The van der Waals surface area contributed by atoms with Crippen molar-refractivity contribution in [3.8, 4) is 0 Å². The van der Waals surface area contributed by atoms with Crippen LogP contribution in [-0.2, 0) is 14.3 Å². The number of carbonyl (C=O) groups excluding carboxylic acids is 1. The van der Waals surface area contributed by atoms with E-state index in [0.29, 0.717) is 5.69 Å². The number of nitrogens with one attached hydrogen (secondary N) is 1. The number of azo groups is 1. The molecular formula is C25H29N3O6. The van der Waals surface area contributed by atoms with Crippen molar-refractivity contribution in [3.05, 3.63) is 66.2 Å². The zero-order chi connectivity index (χ0) is 25.1. The van der Waals surface area contributed by atoms with Gasteiger partial charge in [-0.05, 0) is 63.4 Å². The molecule has 2 aromatic carbocycles. The molecule has 0 radical (unpaired) electrons. The first-order chi connectivity index (χ1) is 16.0. The van der Waals surface area contributed by atoms with Gasteiger partial charge >= 0.3 is 18.0 Å². The Morgan fingerprint density at radius 1 is 0.941 bits per heavy atom. The van der Waals surface area contributed by atoms with E-state index in [4.69, 9.17) is 4.74 Å². The highest BCUT2D eigenvalue weighted by molar-refractivity contribution is 5.81. The summed E-state index contributed by atoms with van der Waals surface area (Å²) in [5, 5.41) is 29.5. The van der Waals surface area contributed by atoms with Gasteiger partial charge in [-0.3, -0.25) is 4.79 Å². The maximum atomic E-state index is 11.9. The molecule has 0 aliphatic heterocycles. The summed E-state index contributed by atoms with van der Waals surface area (Å²) in [6.45, 7) is 4.93. The number of hydrogen-bond donors (Lipinski definition) is 3. The number of ether oxygens (including phenoxy) is 1. The molecule has 1 amide bonds. The van der Waals surface area contributed by atoms with Gasteiger partial charge in [0, 0.05) is 0 Å². The van der Waals surface area contributed by atoms with Crippen molar-refractivity contribution in [1.82, 2.24) is 5.32 Å². The Kier molecular flexibility index (Phi) is 9.49. The molecule has 180 valence electrons. The van der Waals surface area contributed by atoms with Crippen LogP contribution >= 0.6 is 0 Å². The zero-order valence-corrected chi connectivity index (χ0v) is 19.3. The summed E-state index contributed by atoms with van der Waals surface area (Å²) in [6, 6.07) is 15.1. The van der Waals surface area contributed by atoms with E-state index >= 15 is 0 Å². The maximum absolute atomic E-state index is 11.9. The lowest BCUT2D eigenvalue weighted by molar-refractivity contribution is -0.144. The normalized spacial score (nSPS) is 13.5. The Morgan fingerprint density at radius 3 is 2.06 bits per heavy atom. The number of hydrogen-bond acceptors (Lipinski definition) is 6. The van der Waals surface area contributed by atoms with Crippen LogP contribution in [0.2, 0.25) is 0 Å². The fourth-order valence-electron chi connectivity index (χ4n) is 2.88. The minimum atomic E-state index is -1.39. The molecule has 2 aromatic rings. The molecule has 9 heteroatoms. The summed E-state index contributed by atoms with van der Waals surface area (Å²) >= 11 is 0. The number of amides is 1. The molecule has 0 aliphatic rings. The van der Waals surface area contributed by atoms with E-state index < -0.39 is 35.6 Å². The highest BCUT2D eigenvalue weighted by Crippen LogP contribution is 2.20. The van der Waals surface area contributed by atoms with Gasteiger partial charge in [-0.1, -0.05) is 42.5 Å². The molecule has 0 heterocycles. The first kappa shape index (κ1) is 26.2. The monoisotopic (exact) mass is 467 g/mol. The van der Waals surface area contributed by atoms with E-state index in [2.05, 4.69) is 15.5 Å². The molecule has 0 aromatic heterocycles. The van der Waals surface area contributed by atoms with Crippen LogP contribution in [0.4, 0.5) is 16.2 Å². The van der Waals surface area contributed by atoms with Crippen LogP contribution in [0, 0.1) is 5.92 Å². The van der Waals surface area contributed by atoms with Gasteiger partial charge < -0.3 is 20.3 Å². The number of benzene rings is 2. The zero-order valence-electron chi connectivity index (χ0n) is 19.3. The lowest BCUT2D eigenvalue weighted by Crippen LogP contribution is -2.45. The van der Waals surface area contributed by atoms with Crippen LogP contribution in [0.1, 0.15) is 39.2 Å². The molecule has 0 saturated carbocycles. The number of alkyl carbamates (subject to hydrolysis) is 1. The standard InChI is InChI=1S/C25H29N3O6/c1-25(2,3)34-24(33)26-21(23(31)32)16-18(22(29)30)9-7-8-17-12-14-20(15-13-17)28-27-19-10-5-4-6-11-19/h4-8,10-15,18,21H,9,16H2,1-3H3,(H,26,33)(H,29,30)(H,31,32)/b8-7+,28-27+/t18?,21-/m0/s1. The molecule has 3 N–H and O–H groups in total. The fourth-order valence-corrected chi connectivity index (χ4v) is 2.88. The lowest BCUT2D eigenvalue weighted by atomic mass is 9.96. The van der Waals surface area contributed by atoms with Crippen LogP contribution in [0.5, 0.6) is 0 Å². The minimum absolute atomic E-state index is 0.0879.